The Hall–Kier alpha value is -2.75. The molecule has 1 aliphatic heterocycles. The molecule has 0 unspecified atom stereocenters. The average Bonchev–Trinajstić information content (AvgIpc) is 3.26. The molecule has 7 nitrogen and oxygen atoms in total. The predicted octanol–water partition coefficient (Wildman–Crippen LogP) is 2.93. The Balaban J connectivity index is 1.59. The molecule has 156 valence electrons. The maximum absolute atomic E-state index is 13.3. The van der Waals surface area contributed by atoms with Gasteiger partial charge in [0.2, 0.25) is 10.0 Å². The van der Waals surface area contributed by atoms with Crippen molar-refractivity contribution in [2.45, 2.75) is 31.3 Å². The fraction of sp³-hybridized carbons (Fsp3) is 0.238. The van der Waals surface area contributed by atoms with Crippen molar-refractivity contribution in [1.82, 2.24) is 8.87 Å². The molecule has 1 aromatic carbocycles. The van der Waals surface area contributed by atoms with Gasteiger partial charge in [-0.25, -0.2) is 8.42 Å². The van der Waals surface area contributed by atoms with Gasteiger partial charge in [0, 0.05) is 31.9 Å². The Kier molecular flexibility index (Phi) is 5.59. The first-order valence-electron chi connectivity index (χ1n) is 9.56. The molecule has 3 aromatic rings. The molecular formula is C21H21N3O4S2. The second-order valence-electron chi connectivity index (χ2n) is 6.97. The normalized spacial score (nSPS) is 14.3. The SMILES string of the molecule is CCn1cc(NC(=O)c2sccc2S(=O)(=O)N2CCc3ccccc3C2)ccc1=O. The van der Waals surface area contributed by atoms with Gasteiger partial charge in [-0.1, -0.05) is 24.3 Å². The number of carbonyl (C=O) groups excluding carboxylic acids is 1. The van der Waals surface area contributed by atoms with E-state index in [0.717, 1.165) is 22.5 Å². The van der Waals surface area contributed by atoms with Crippen LogP contribution < -0.4 is 10.9 Å². The van der Waals surface area contributed by atoms with Gasteiger partial charge in [-0.2, -0.15) is 4.31 Å². The van der Waals surface area contributed by atoms with Crippen LogP contribution in [0.1, 0.15) is 27.7 Å². The third-order valence-corrected chi connectivity index (χ3v) is 8.06. The summed E-state index contributed by atoms with van der Waals surface area (Å²) in [5.41, 5.74) is 2.40. The third-order valence-electron chi connectivity index (χ3n) is 5.13. The zero-order valence-electron chi connectivity index (χ0n) is 16.4. The minimum absolute atomic E-state index is 0.00759. The lowest BCUT2D eigenvalue weighted by molar-refractivity contribution is 0.102. The van der Waals surface area contributed by atoms with E-state index in [2.05, 4.69) is 5.32 Å². The Morgan fingerprint density at radius 1 is 1.13 bits per heavy atom. The first-order valence-corrected chi connectivity index (χ1v) is 11.9. The monoisotopic (exact) mass is 443 g/mol. The Labute approximate surface area is 178 Å². The number of hydrogen-bond donors (Lipinski definition) is 1. The Morgan fingerprint density at radius 2 is 1.90 bits per heavy atom. The van der Waals surface area contributed by atoms with Crippen LogP contribution in [-0.4, -0.2) is 29.7 Å². The average molecular weight is 444 g/mol. The lowest BCUT2D eigenvalue weighted by atomic mass is 10.0. The van der Waals surface area contributed by atoms with Crippen LogP contribution in [0.3, 0.4) is 0 Å². The first kappa shape index (κ1) is 20.5. The molecule has 2 aromatic heterocycles. The van der Waals surface area contributed by atoms with Crippen LogP contribution in [0.5, 0.6) is 0 Å². The quantitative estimate of drug-likeness (QED) is 0.657. The third kappa shape index (κ3) is 3.83. The molecule has 0 radical (unpaired) electrons. The van der Waals surface area contributed by atoms with Gasteiger partial charge in [-0.05, 0) is 42.0 Å². The van der Waals surface area contributed by atoms with Crippen LogP contribution in [0.4, 0.5) is 5.69 Å². The van der Waals surface area contributed by atoms with E-state index in [9.17, 15) is 18.0 Å². The number of sulfonamides is 1. The van der Waals surface area contributed by atoms with Gasteiger partial charge in [0.15, 0.2) is 0 Å². The number of nitrogens with one attached hydrogen (secondary N) is 1. The zero-order valence-corrected chi connectivity index (χ0v) is 18.0. The van der Waals surface area contributed by atoms with E-state index >= 15 is 0 Å². The van der Waals surface area contributed by atoms with Gasteiger partial charge < -0.3 is 9.88 Å². The number of pyridine rings is 1. The number of benzene rings is 1. The predicted molar refractivity (Wildman–Crippen MR) is 116 cm³/mol. The second-order valence-corrected chi connectivity index (χ2v) is 9.79. The molecule has 0 fully saturated rings. The topological polar surface area (TPSA) is 88.5 Å². The van der Waals surface area contributed by atoms with Gasteiger partial charge in [0.05, 0.1) is 5.69 Å². The van der Waals surface area contributed by atoms with E-state index in [1.807, 2.05) is 31.2 Å². The van der Waals surface area contributed by atoms with E-state index < -0.39 is 15.9 Å². The summed E-state index contributed by atoms with van der Waals surface area (Å²) in [4.78, 5) is 24.7. The van der Waals surface area contributed by atoms with E-state index in [0.29, 0.717) is 25.2 Å². The molecule has 0 aliphatic carbocycles. The van der Waals surface area contributed by atoms with Gasteiger partial charge in [0.25, 0.3) is 11.5 Å². The van der Waals surface area contributed by atoms with Crippen molar-refractivity contribution in [3.63, 3.8) is 0 Å². The zero-order chi connectivity index (χ0) is 21.3. The van der Waals surface area contributed by atoms with Crippen LogP contribution in [0, 0.1) is 0 Å². The van der Waals surface area contributed by atoms with E-state index in [1.54, 1.807) is 11.6 Å². The summed E-state index contributed by atoms with van der Waals surface area (Å²) in [6, 6.07) is 12.1. The molecule has 1 aliphatic rings. The lowest BCUT2D eigenvalue weighted by Gasteiger charge is -2.28. The van der Waals surface area contributed by atoms with Crippen LogP contribution in [0.25, 0.3) is 0 Å². The highest BCUT2D eigenvalue weighted by Crippen LogP contribution is 2.29. The van der Waals surface area contributed by atoms with Crippen LogP contribution in [0.2, 0.25) is 0 Å². The van der Waals surface area contributed by atoms with Crippen LogP contribution in [0.15, 0.2) is 63.7 Å². The molecule has 1 amide bonds. The number of thiophene rings is 1. The van der Waals surface area contributed by atoms with Gasteiger partial charge in [-0.3, -0.25) is 9.59 Å². The summed E-state index contributed by atoms with van der Waals surface area (Å²) < 4.78 is 29.5. The highest BCUT2D eigenvalue weighted by Gasteiger charge is 2.32. The molecule has 0 bridgehead atoms. The second kappa shape index (κ2) is 8.17. The number of amides is 1. The summed E-state index contributed by atoms with van der Waals surface area (Å²) >= 11 is 1.08. The summed E-state index contributed by atoms with van der Waals surface area (Å²) in [5, 5.41) is 4.31. The highest BCUT2D eigenvalue weighted by atomic mass is 32.2. The molecule has 30 heavy (non-hydrogen) atoms. The van der Waals surface area contributed by atoms with Gasteiger partial charge in [-0.15, -0.1) is 11.3 Å². The molecular weight excluding hydrogens is 422 g/mol. The van der Waals surface area contributed by atoms with E-state index in [-0.39, 0.29) is 21.9 Å². The molecule has 0 saturated heterocycles. The Morgan fingerprint density at radius 3 is 2.67 bits per heavy atom. The van der Waals surface area contributed by atoms with Gasteiger partial charge >= 0.3 is 0 Å². The maximum atomic E-state index is 13.3. The summed E-state index contributed by atoms with van der Waals surface area (Å²) in [6.07, 6.45) is 2.18. The number of carbonyl (C=O) groups is 1. The number of nitrogens with zero attached hydrogens (tertiary/aromatic N) is 2. The van der Waals surface area contributed by atoms with Crippen molar-refractivity contribution in [2.75, 3.05) is 11.9 Å². The summed E-state index contributed by atoms with van der Waals surface area (Å²) in [5.74, 6) is -0.512. The summed E-state index contributed by atoms with van der Waals surface area (Å²) in [6.45, 7) is 2.96. The fourth-order valence-electron chi connectivity index (χ4n) is 3.52. The maximum Gasteiger partial charge on any atom is 0.267 e. The van der Waals surface area contributed by atoms with Crippen molar-refractivity contribution < 1.29 is 13.2 Å². The fourth-order valence-corrected chi connectivity index (χ4v) is 6.24. The van der Waals surface area contributed by atoms with Crippen LogP contribution >= 0.6 is 11.3 Å². The highest BCUT2D eigenvalue weighted by molar-refractivity contribution is 7.89. The molecule has 4 rings (SSSR count). The number of aromatic nitrogens is 1. The first-order chi connectivity index (χ1) is 14.4. The van der Waals surface area contributed by atoms with Gasteiger partial charge in [0.1, 0.15) is 9.77 Å². The standard InChI is InChI=1S/C21H21N3O4S2/c1-2-23-14-17(7-8-19(23)25)22-21(26)20-18(10-12-29-20)30(27,28)24-11-9-15-5-3-4-6-16(15)13-24/h3-8,10,12,14H,2,9,11,13H2,1H3,(H,22,26). The number of anilines is 1. The van der Waals surface area contributed by atoms with Crippen molar-refractivity contribution >= 4 is 33.0 Å². The van der Waals surface area contributed by atoms with E-state index in [4.69, 9.17) is 0 Å². The molecule has 0 saturated carbocycles. The largest absolute Gasteiger partial charge is 0.320 e. The Bertz CT molecular complexity index is 1260. The lowest BCUT2D eigenvalue weighted by Crippen LogP contribution is -2.36. The molecule has 1 N–H and O–H groups in total. The minimum atomic E-state index is -3.82. The molecule has 9 heteroatoms. The minimum Gasteiger partial charge on any atom is -0.320 e. The van der Waals surface area contributed by atoms with Crippen molar-refractivity contribution in [1.29, 1.82) is 0 Å². The number of rotatable bonds is 5. The van der Waals surface area contributed by atoms with Crippen LogP contribution in [-0.2, 0) is 29.5 Å². The van der Waals surface area contributed by atoms with E-state index in [1.165, 1.54) is 27.1 Å². The summed E-state index contributed by atoms with van der Waals surface area (Å²) in [7, 11) is -3.82. The molecule has 0 spiro atoms. The van der Waals surface area contributed by atoms with Crippen molar-refractivity contribution in [3.8, 4) is 0 Å². The molecule has 3 heterocycles. The number of hydrogen-bond acceptors (Lipinski definition) is 5. The number of aryl methyl sites for hydroxylation is 1. The number of fused-ring (bicyclic) bond motifs is 1. The smallest absolute Gasteiger partial charge is 0.267 e. The van der Waals surface area contributed by atoms with Crippen molar-refractivity contribution in [3.05, 3.63) is 80.4 Å². The molecule has 0 atom stereocenters. The van der Waals surface area contributed by atoms with Crippen molar-refractivity contribution in [2.24, 2.45) is 0 Å².